The van der Waals surface area contributed by atoms with Crippen LogP contribution < -0.4 is 10.1 Å². The Balaban J connectivity index is 1.73. The van der Waals surface area contributed by atoms with Crippen LogP contribution in [0.5, 0.6) is 5.75 Å². The predicted octanol–water partition coefficient (Wildman–Crippen LogP) is 3.86. The first-order valence-corrected chi connectivity index (χ1v) is 7.03. The Labute approximate surface area is 113 Å². The number of ether oxygens (including phenoxy) is 1. The third-order valence-corrected chi connectivity index (χ3v) is 3.84. The smallest absolute Gasteiger partial charge is 0.120 e. The molecule has 2 nitrogen and oxygen atoms in total. The van der Waals surface area contributed by atoms with Crippen LogP contribution in [0.25, 0.3) is 11.1 Å². The highest BCUT2D eigenvalue weighted by Crippen LogP contribution is 2.35. The van der Waals surface area contributed by atoms with E-state index in [0.717, 1.165) is 18.7 Å². The number of hydrogen-bond donors (Lipinski definition) is 1. The molecule has 0 spiro atoms. The van der Waals surface area contributed by atoms with Crippen molar-refractivity contribution in [1.82, 2.24) is 0 Å². The minimum absolute atomic E-state index is 0.457. The molecule has 2 aromatic rings. The van der Waals surface area contributed by atoms with E-state index in [1.54, 1.807) is 0 Å². The van der Waals surface area contributed by atoms with E-state index in [1.807, 2.05) is 0 Å². The van der Waals surface area contributed by atoms with Gasteiger partial charge < -0.3 is 10.1 Å². The van der Waals surface area contributed by atoms with Gasteiger partial charge in [0.05, 0.1) is 6.10 Å². The van der Waals surface area contributed by atoms with Crippen molar-refractivity contribution < 1.29 is 4.74 Å². The lowest BCUT2D eigenvalue weighted by Crippen LogP contribution is -1.96. The third-order valence-electron chi connectivity index (χ3n) is 3.84. The first-order chi connectivity index (χ1) is 9.40. The van der Waals surface area contributed by atoms with Gasteiger partial charge in [-0.3, -0.25) is 0 Å². The van der Waals surface area contributed by atoms with Crippen molar-refractivity contribution in [2.75, 3.05) is 11.9 Å². The van der Waals surface area contributed by atoms with E-state index in [0.29, 0.717) is 6.10 Å². The van der Waals surface area contributed by atoms with E-state index < -0.39 is 0 Å². The Kier molecular flexibility index (Phi) is 2.47. The molecule has 0 aromatic heterocycles. The molecule has 0 atom stereocenters. The van der Waals surface area contributed by atoms with E-state index in [9.17, 15) is 0 Å². The molecule has 1 heterocycles. The van der Waals surface area contributed by atoms with Gasteiger partial charge in [-0.25, -0.2) is 0 Å². The molecule has 1 aliphatic heterocycles. The number of anilines is 1. The van der Waals surface area contributed by atoms with Gasteiger partial charge in [0.15, 0.2) is 0 Å². The molecule has 2 aromatic carbocycles. The molecule has 0 unspecified atom stereocenters. The maximum atomic E-state index is 5.89. The second-order valence-corrected chi connectivity index (χ2v) is 5.35. The van der Waals surface area contributed by atoms with Crippen LogP contribution in [0.2, 0.25) is 0 Å². The van der Waals surface area contributed by atoms with Crippen molar-refractivity contribution >= 4 is 5.69 Å². The molecule has 19 heavy (non-hydrogen) atoms. The van der Waals surface area contributed by atoms with Gasteiger partial charge in [0.25, 0.3) is 0 Å². The van der Waals surface area contributed by atoms with Crippen LogP contribution in [0.15, 0.2) is 42.5 Å². The van der Waals surface area contributed by atoms with Crippen molar-refractivity contribution in [2.45, 2.75) is 25.4 Å². The standard InChI is InChI=1S/C17H17NO/c1-3-12(11-14(4-1)19-13-7-8-13)15-5-2-6-17-16(15)9-10-18-17/h1-6,11,13,18H,7-10H2. The highest BCUT2D eigenvalue weighted by atomic mass is 16.5. The molecule has 1 fully saturated rings. The van der Waals surface area contributed by atoms with Crippen molar-refractivity contribution in [3.8, 4) is 16.9 Å². The molecule has 96 valence electrons. The van der Waals surface area contributed by atoms with Gasteiger partial charge in [-0.2, -0.15) is 0 Å². The van der Waals surface area contributed by atoms with Crippen LogP contribution in [0.4, 0.5) is 5.69 Å². The van der Waals surface area contributed by atoms with Crippen molar-refractivity contribution in [3.05, 3.63) is 48.0 Å². The summed E-state index contributed by atoms with van der Waals surface area (Å²) >= 11 is 0. The summed E-state index contributed by atoms with van der Waals surface area (Å²) < 4.78 is 5.89. The molecule has 0 bridgehead atoms. The summed E-state index contributed by atoms with van der Waals surface area (Å²) in [6.07, 6.45) is 3.97. The Morgan fingerprint density at radius 1 is 1.05 bits per heavy atom. The van der Waals surface area contributed by atoms with Gasteiger partial charge in [0.1, 0.15) is 5.75 Å². The lowest BCUT2D eigenvalue weighted by molar-refractivity contribution is 0.303. The Morgan fingerprint density at radius 3 is 2.84 bits per heavy atom. The maximum absolute atomic E-state index is 5.89. The van der Waals surface area contributed by atoms with Gasteiger partial charge in [-0.1, -0.05) is 24.3 Å². The fraction of sp³-hybridized carbons (Fsp3) is 0.294. The number of hydrogen-bond acceptors (Lipinski definition) is 2. The minimum atomic E-state index is 0.457. The highest BCUT2D eigenvalue weighted by molar-refractivity contribution is 5.76. The van der Waals surface area contributed by atoms with Gasteiger partial charge in [-0.15, -0.1) is 0 Å². The van der Waals surface area contributed by atoms with Gasteiger partial charge in [0, 0.05) is 12.2 Å². The molecule has 0 saturated heterocycles. The second-order valence-electron chi connectivity index (χ2n) is 5.35. The van der Waals surface area contributed by atoms with Crippen molar-refractivity contribution in [3.63, 3.8) is 0 Å². The topological polar surface area (TPSA) is 21.3 Å². The normalized spacial score (nSPS) is 16.8. The lowest BCUT2D eigenvalue weighted by Gasteiger charge is -2.10. The van der Waals surface area contributed by atoms with Gasteiger partial charge >= 0.3 is 0 Å². The molecular weight excluding hydrogens is 234 g/mol. The Hall–Kier alpha value is -1.96. The average Bonchev–Trinajstić information content (AvgIpc) is 3.12. The molecule has 2 aliphatic rings. The van der Waals surface area contributed by atoms with E-state index in [1.165, 1.54) is 35.2 Å². The zero-order valence-corrected chi connectivity index (χ0v) is 10.9. The van der Waals surface area contributed by atoms with Crippen LogP contribution in [0.1, 0.15) is 18.4 Å². The highest BCUT2D eigenvalue weighted by Gasteiger charge is 2.23. The number of benzene rings is 2. The number of nitrogens with one attached hydrogen (secondary N) is 1. The lowest BCUT2D eigenvalue weighted by atomic mass is 9.98. The van der Waals surface area contributed by atoms with Crippen molar-refractivity contribution in [2.24, 2.45) is 0 Å². The molecule has 1 N–H and O–H groups in total. The molecule has 0 amide bonds. The fourth-order valence-electron chi connectivity index (χ4n) is 2.73. The summed E-state index contributed by atoms with van der Waals surface area (Å²) in [4.78, 5) is 0. The van der Waals surface area contributed by atoms with E-state index >= 15 is 0 Å². The molecule has 2 heteroatoms. The molecule has 1 aliphatic carbocycles. The van der Waals surface area contributed by atoms with E-state index in [2.05, 4.69) is 47.8 Å². The summed E-state index contributed by atoms with van der Waals surface area (Å²) in [7, 11) is 0. The van der Waals surface area contributed by atoms with Gasteiger partial charge in [-0.05, 0) is 54.2 Å². The van der Waals surface area contributed by atoms with Crippen LogP contribution in [-0.2, 0) is 6.42 Å². The number of rotatable bonds is 3. The SMILES string of the molecule is c1cc(OC2CC2)cc(-c2cccc3c2CCN3)c1. The first kappa shape index (κ1) is 10.9. The second kappa shape index (κ2) is 4.30. The molecule has 1 saturated carbocycles. The minimum Gasteiger partial charge on any atom is -0.490 e. The van der Waals surface area contributed by atoms with Crippen LogP contribution >= 0.6 is 0 Å². The maximum Gasteiger partial charge on any atom is 0.120 e. The average molecular weight is 251 g/mol. The third kappa shape index (κ3) is 2.07. The number of fused-ring (bicyclic) bond motifs is 1. The zero-order chi connectivity index (χ0) is 12.7. The molecule has 4 rings (SSSR count). The monoisotopic (exact) mass is 251 g/mol. The quantitative estimate of drug-likeness (QED) is 0.894. The molecule has 0 radical (unpaired) electrons. The predicted molar refractivity (Wildman–Crippen MR) is 77.7 cm³/mol. The van der Waals surface area contributed by atoms with Crippen LogP contribution in [-0.4, -0.2) is 12.6 Å². The Morgan fingerprint density at radius 2 is 1.95 bits per heavy atom. The largest absolute Gasteiger partial charge is 0.490 e. The summed E-state index contributed by atoms with van der Waals surface area (Å²) in [6.45, 7) is 1.05. The summed E-state index contributed by atoms with van der Waals surface area (Å²) in [5, 5.41) is 3.44. The summed E-state index contributed by atoms with van der Waals surface area (Å²) in [5.74, 6) is 1.00. The first-order valence-electron chi connectivity index (χ1n) is 7.03. The fourth-order valence-corrected chi connectivity index (χ4v) is 2.73. The summed E-state index contributed by atoms with van der Waals surface area (Å²) in [5.41, 5.74) is 5.32. The van der Waals surface area contributed by atoms with E-state index in [-0.39, 0.29) is 0 Å². The Bertz CT molecular complexity index is 616. The van der Waals surface area contributed by atoms with Crippen LogP contribution in [0, 0.1) is 0 Å². The molecular formula is C17H17NO. The van der Waals surface area contributed by atoms with Crippen molar-refractivity contribution in [1.29, 1.82) is 0 Å². The summed E-state index contributed by atoms with van der Waals surface area (Å²) in [6, 6.07) is 15.0. The van der Waals surface area contributed by atoms with Crippen LogP contribution in [0.3, 0.4) is 0 Å². The van der Waals surface area contributed by atoms with Gasteiger partial charge in [0.2, 0.25) is 0 Å². The zero-order valence-electron chi connectivity index (χ0n) is 10.9. The van der Waals surface area contributed by atoms with E-state index in [4.69, 9.17) is 4.74 Å².